The van der Waals surface area contributed by atoms with E-state index >= 15 is 0 Å². The Hall–Kier alpha value is -0.300. The Kier molecular flexibility index (Phi) is 0.885. The maximum absolute atomic E-state index is 9.46. The monoisotopic (exact) mass is 150 g/mol. The Labute approximate surface area is 67.1 Å². The quantitative estimate of drug-likeness (QED) is 0.523. The van der Waals surface area contributed by atoms with Gasteiger partial charge in [-0.15, -0.1) is 0 Å². The van der Waals surface area contributed by atoms with Gasteiger partial charge in [-0.1, -0.05) is 18.6 Å². The van der Waals surface area contributed by atoms with Gasteiger partial charge in [0.05, 0.1) is 6.10 Å². The topological polar surface area (TPSA) is 20.2 Å². The largest absolute Gasteiger partial charge is 0.389 e. The molecule has 1 heteroatoms. The lowest BCUT2D eigenvalue weighted by Gasteiger charge is -2.22. The molecule has 0 amide bonds. The average molecular weight is 150 g/mol. The van der Waals surface area contributed by atoms with Crippen LogP contribution in [0.3, 0.4) is 0 Å². The van der Waals surface area contributed by atoms with Crippen molar-refractivity contribution < 1.29 is 5.11 Å². The van der Waals surface area contributed by atoms with Crippen molar-refractivity contribution in [2.45, 2.75) is 38.2 Å². The zero-order valence-corrected chi connectivity index (χ0v) is 6.71. The van der Waals surface area contributed by atoms with Crippen molar-refractivity contribution in [3.63, 3.8) is 0 Å². The van der Waals surface area contributed by atoms with Crippen molar-refractivity contribution in [2.24, 2.45) is 10.8 Å². The molecule has 0 aromatic carbocycles. The minimum atomic E-state index is -0.135. The minimum absolute atomic E-state index is 0.135. The third kappa shape index (κ3) is 0.572. The molecule has 2 saturated carbocycles. The van der Waals surface area contributed by atoms with Gasteiger partial charge in [-0.2, -0.15) is 0 Å². The molecule has 60 valence electrons. The van der Waals surface area contributed by atoms with Crippen molar-refractivity contribution in [3.05, 3.63) is 12.2 Å². The van der Waals surface area contributed by atoms with Gasteiger partial charge in [0.2, 0.25) is 0 Å². The van der Waals surface area contributed by atoms with Gasteiger partial charge >= 0.3 is 0 Å². The van der Waals surface area contributed by atoms with E-state index in [1.165, 1.54) is 25.7 Å². The number of aliphatic hydroxyl groups is 1. The van der Waals surface area contributed by atoms with E-state index in [0.717, 1.165) is 6.42 Å². The van der Waals surface area contributed by atoms with Crippen LogP contribution in [0, 0.1) is 10.8 Å². The molecule has 11 heavy (non-hydrogen) atoms. The van der Waals surface area contributed by atoms with Crippen LogP contribution in [0.2, 0.25) is 0 Å². The van der Waals surface area contributed by atoms with E-state index in [-0.39, 0.29) is 6.10 Å². The van der Waals surface area contributed by atoms with Crippen LogP contribution in [-0.2, 0) is 0 Å². The first-order valence-electron chi connectivity index (χ1n) is 4.64. The van der Waals surface area contributed by atoms with Gasteiger partial charge in [0.25, 0.3) is 0 Å². The predicted octanol–water partition coefficient (Wildman–Crippen LogP) is 1.87. The molecule has 0 bridgehead atoms. The molecule has 2 fully saturated rings. The van der Waals surface area contributed by atoms with Gasteiger partial charge in [-0.05, 0) is 36.5 Å². The molecular weight excluding hydrogens is 136 g/mol. The molecule has 3 atom stereocenters. The summed E-state index contributed by atoms with van der Waals surface area (Å²) in [6.45, 7) is 0. The second-order valence-corrected chi connectivity index (χ2v) is 4.60. The molecule has 3 aliphatic carbocycles. The molecule has 0 aromatic heterocycles. The molecule has 1 N–H and O–H groups in total. The van der Waals surface area contributed by atoms with Gasteiger partial charge in [0.15, 0.2) is 0 Å². The van der Waals surface area contributed by atoms with E-state index in [9.17, 15) is 5.11 Å². The van der Waals surface area contributed by atoms with Crippen LogP contribution in [0.5, 0.6) is 0 Å². The van der Waals surface area contributed by atoms with E-state index in [2.05, 4.69) is 6.08 Å². The molecular formula is C10H14O. The van der Waals surface area contributed by atoms with Crippen LogP contribution in [-0.4, -0.2) is 11.2 Å². The third-order valence-corrected chi connectivity index (χ3v) is 4.10. The van der Waals surface area contributed by atoms with Crippen LogP contribution in [0.25, 0.3) is 0 Å². The summed E-state index contributed by atoms with van der Waals surface area (Å²) in [5.41, 5.74) is 1.15. The van der Waals surface area contributed by atoms with Crippen molar-refractivity contribution in [2.75, 3.05) is 0 Å². The van der Waals surface area contributed by atoms with Crippen LogP contribution in [0.15, 0.2) is 12.2 Å². The first-order chi connectivity index (χ1) is 5.27. The van der Waals surface area contributed by atoms with Crippen LogP contribution >= 0.6 is 0 Å². The highest BCUT2D eigenvalue weighted by molar-refractivity contribution is 5.30. The Morgan fingerprint density at radius 1 is 1.36 bits per heavy atom. The smallest absolute Gasteiger partial charge is 0.0726 e. The fourth-order valence-corrected chi connectivity index (χ4v) is 3.45. The Balaban J connectivity index is 2.01. The zero-order chi connectivity index (χ0) is 7.53. The number of hydrogen-bond donors (Lipinski definition) is 1. The average Bonchev–Trinajstić information content (AvgIpc) is 2.47. The standard InChI is InChI=1S/C10H14O/c11-8-2-5-9-3-1-4-10(9,6-8)7-9/h2,5,8,11H,1,3-4,6-7H2/t8-,9-,10+/m0/s1. The first-order valence-corrected chi connectivity index (χ1v) is 4.64. The number of allylic oxidation sites excluding steroid dienone is 1. The maximum atomic E-state index is 9.46. The second-order valence-electron chi connectivity index (χ2n) is 4.60. The molecule has 1 nitrogen and oxygen atoms in total. The summed E-state index contributed by atoms with van der Waals surface area (Å²) in [4.78, 5) is 0. The molecule has 0 heterocycles. The van der Waals surface area contributed by atoms with E-state index in [1.807, 2.05) is 6.08 Å². The molecule has 3 rings (SSSR count). The Morgan fingerprint density at radius 3 is 3.18 bits per heavy atom. The van der Waals surface area contributed by atoms with E-state index in [4.69, 9.17) is 0 Å². The van der Waals surface area contributed by atoms with Gasteiger partial charge in [0, 0.05) is 0 Å². The lowest BCUT2D eigenvalue weighted by Crippen LogP contribution is -2.19. The molecule has 0 aromatic rings. The fraction of sp³-hybridized carbons (Fsp3) is 0.800. The first kappa shape index (κ1) is 6.24. The normalized spacial score (nSPS) is 58.8. The Morgan fingerprint density at radius 2 is 2.27 bits per heavy atom. The highest BCUT2D eigenvalue weighted by Crippen LogP contribution is 2.77. The summed E-state index contributed by atoms with van der Waals surface area (Å²) in [7, 11) is 0. The highest BCUT2D eigenvalue weighted by Gasteiger charge is 2.68. The second kappa shape index (κ2) is 1.56. The van der Waals surface area contributed by atoms with Gasteiger partial charge < -0.3 is 5.11 Å². The molecule has 0 spiro atoms. The third-order valence-electron chi connectivity index (χ3n) is 4.10. The van der Waals surface area contributed by atoms with Crippen molar-refractivity contribution >= 4 is 0 Å². The van der Waals surface area contributed by atoms with Crippen molar-refractivity contribution in [1.82, 2.24) is 0 Å². The summed E-state index contributed by atoms with van der Waals surface area (Å²) in [5.74, 6) is 0. The zero-order valence-electron chi connectivity index (χ0n) is 6.71. The van der Waals surface area contributed by atoms with Crippen LogP contribution in [0.1, 0.15) is 32.1 Å². The van der Waals surface area contributed by atoms with Gasteiger partial charge in [-0.25, -0.2) is 0 Å². The SMILES string of the molecule is O[C@H]1C=C[C@]23CCC[C@@]2(C1)C3. The van der Waals surface area contributed by atoms with Crippen LogP contribution in [0.4, 0.5) is 0 Å². The van der Waals surface area contributed by atoms with Crippen LogP contribution < -0.4 is 0 Å². The predicted molar refractivity (Wildman–Crippen MR) is 43.1 cm³/mol. The number of aliphatic hydroxyl groups excluding tert-OH is 1. The maximum Gasteiger partial charge on any atom is 0.0726 e. The fourth-order valence-electron chi connectivity index (χ4n) is 3.45. The van der Waals surface area contributed by atoms with Crippen molar-refractivity contribution in [1.29, 1.82) is 0 Å². The molecule has 0 saturated heterocycles. The lowest BCUT2D eigenvalue weighted by atomic mass is 9.85. The summed E-state index contributed by atoms with van der Waals surface area (Å²) in [6.07, 6.45) is 10.7. The lowest BCUT2D eigenvalue weighted by molar-refractivity contribution is 0.162. The molecule has 0 unspecified atom stereocenters. The Bertz CT molecular complexity index is 233. The van der Waals surface area contributed by atoms with E-state index in [1.54, 1.807) is 0 Å². The summed E-state index contributed by atoms with van der Waals surface area (Å²) in [6, 6.07) is 0. The molecule has 0 aliphatic heterocycles. The number of hydrogen-bond acceptors (Lipinski definition) is 1. The van der Waals surface area contributed by atoms with Gasteiger partial charge in [-0.3, -0.25) is 0 Å². The van der Waals surface area contributed by atoms with Gasteiger partial charge in [0.1, 0.15) is 0 Å². The summed E-state index contributed by atoms with van der Waals surface area (Å²) in [5, 5.41) is 9.46. The molecule has 0 radical (unpaired) electrons. The minimum Gasteiger partial charge on any atom is -0.389 e. The molecule has 3 aliphatic rings. The highest BCUT2D eigenvalue weighted by atomic mass is 16.3. The van der Waals surface area contributed by atoms with Crippen molar-refractivity contribution in [3.8, 4) is 0 Å². The van der Waals surface area contributed by atoms with E-state index in [0.29, 0.717) is 10.8 Å². The number of rotatable bonds is 0. The summed E-state index contributed by atoms with van der Waals surface area (Å²) < 4.78 is 0. The summed E-state index contributed by atoms with van der Waals surface area (Å²) >= 11 is 0. The van der Waals surface area contributed by atoms with E-state index < -0.39 is 0 Å².